The first-order valence-corrected chi connectivity index (χ1v) is 16.7. The zero-order chi connectivity index (χ0) is 30.5. The van der Waals surface area contributed by atoms with Crippen molar-refractivity contribution in [1.29, 1.82) is 5.26 Å². The minimum Gasteiger partial charge on any atom is -0.395 e. The van der Waals surface area contributed by atoms with Gasteiger partial charge in [-0.15, -0.1) is 0 Å². The van der Waals surface area contributed by atoms with Gasteiger partial charge in [-0.3, -0.25) is 0 Å². The Kier molecular flexibility index (Phi) is 7.80. The van der Waals surface area contributed by atoms with E-state index in [0.29, 0.717) is 51.1 Å². The predicted molar refractivity (Wildman–Crippen MR) is 163 cm³/mol. The van der Waals surface area contributed by atoms with E-state index in [2.05, 4.69) is 6.07 Å². The molecule has 1 atom stereocenters. The summed E-state index contributed by atoms with van der Waals surface area (Å²) in [6.45, 7) is 2.75. The van der Waals surface area contributed by atoms with Crippen molar-refractivity contribution in [3.05, 3.63) is 64.7 Å². The number of sulfonamides is 1. The molecule has 13 heteroatoms. The lowest BCUT2D eigenvalue weighted by molar-refractivity contribution is 0.176. The number of benzene rings is 2. The summed E-state index contributed by atoms with van der Waals surface area (Å²) in [5.74, 6) is -0.636. The number of halogens is 2. The van der Waals surface area contributed by atoms with Crippen molar-refractivity contribution >= 4 is 48.8 Å². The van der Waals surface area contributed by atoms with Gasteiger partial charge in [0.25, 0.3) is 0 Å². The lowest BCUT2D eigenvalue weighted by Crippen LogP contribution is -2.56. The SMILES string of the molecule is CCN(c1nc(-c2ccc(F)cc2)c(C#N)s1)c1cc(C2CC2)nc2c(F)cc(N3CCN(S(C)(=O)=O)[C@H](CO)C3)cc12. The molecule has 3 heterocycles. The molecule has 2 aliphatic rings. The number of hydrogen-bond acceptors (Lipinski definition) is 9. The van der Waals surface area contributed by atoms with Gasteiger partial charge < -0.3 is 14.9 Å². The molecular formula is C30H30F2N6O3S2. The van der Waals surface area contributed by atoms with Crippen molar-refractivity contribution in [3.63, 3.8) is 0 Å². The Morgan fingerprint density at radius 1 is 1.14 bits per heavy atom. The number of pyridine rings is 1. The van der Waals surface area contributed by atoms with Gasteiger partial charge in [0.15, 0.2) is 10.9 Å². The zero-order valence-electron chi connectivity index (χ0n) is 23.7. The number of thiazole rings is 1. The van der Waals surface area contributed by atoms with Crippen LogP contribution in [-0.2, 0) is 10.0 Å². The van der Waals surface area contributed by atoms with E-state index in [-0.39, 0.29) is 36.9 Å². The molecule has 2 aromatic carbocycles. The normalized spacial score (nSPS) is 17.8. The predicted octanol–water partition coefficient (Wildman–Crippen LogP) is 4.99. The number of rotatable bonds is 8. The summed E-state index contributed by atoms with van der Waals surface area (Å²) < 4.78 is 55.2. The number of piperazine rings is 1. The molecule has 43 heavy (non-hydrogen) atoms. The summed E-state index contributed by atoms with van der Waals surface area (Å²) >= 11 is 1.21. The lowest BCUT2D eigenvalue weighted by Gasteiger charge is -2.40. The van der Waals surface area contributed by atoms with Crippen LogP contribution >= 0.6 is 11.3 Å². The molecule has 1 N–H and O–H groups in total. The van der Waals surface area contributed by atoms with Crippen molar-refractivity contribution in [2.75, 3.05) is 48.8 Å². The van der Waals surface area contributed by atoms with Gasteiger partial charge in [-0.25, -0.2) is 27.2 Å². The van der Waals surface area contributed by atoms with Crippen LogP contribution in [-0.4, -0.2) is 72.9 Å². The number of anilines is 3. The number of fused-ring (bicyclic) bond motifs is 1. The second-order valence-corrected chi connectivity index (χ2v) is 13.8. The van der Waals surface area contributed by atoms with E-state index in [9.17, 15) is 23.2 Å². The molecule has 0 radical (unpaired) electrons. The molecule has 9 nitrogen and oxygen atoms in total. The van der Waals surface area contributed by atoms with Gasteiger partial charge in [0.05, 0.1) is 24.6 Å². The van der Waals surface area contributed by atoms with Crippen LogP contribution in [0.3, 0.4) is 0 Å². The fraction of sp³-hybridized carbons (Fsp3) is 0.367. The van der Waals surface area contributed by atoms with Gasteiger partial charge in [-0.2, -0.15) is 9.57 Å². The van der Waals surface area contributed by atoms with E-state index in [1.807, 2.05) is 28.9 Å². The fourth-order valence-corrected chi connectivity index (χ4v) is 7.69. The van der Waals surface area contributed by atoms with E-state index in [4.69, 9.17) is 9.97 Å². The van der Waals surface area contributed by atoms with Crippen LogP contribution in [0.4, 0.5) is 25.3 Å². The number of aliphatic hydroxyl groups excluding tert-OH is 1. The van der Waals surface area contributed by atoms with Gasteiger partial charge >= 0.3 is 0 Å². The number of aromatic nitrogens is 2. The summed E-state index contributed by atoms with van der Waals surface area (Å²) in [4.78, 5) is 13.7. The van der Waals surface area contributed by atoms with E-state index in [1.165, 1.54) is 33.8 Å². The Hall–Kier alpha value is -3.70. The van der Waals surface area contributed by atoms with Crippen LogP contribution in [0.25, 0.3) is 22.2 Å². The highest BCUT2D eigenvalue weighted by molar-refractivity contribution is 7.88. The number of aliphatic hydroxyl groups is 1. The summed E-state index contributed by atoms with van der Waals surface area (Å²) in [7, 11) is -3.51. The van der Waals surface area contributed by atoms with E-state index in [1.54, 1.807) is 12.1 Å². The van der Waals surface area contributed by atoms with Crippen molar-refractivity contribution in [3.8, 4) is 17.3 Å². The lowest BCUT2D eigenvalue weighted by atomic mass is 10.1. The number of hydrogen-bond donors (Lipinski definition) is 1. The molecule has 1 aliphatic heterocycles. The highest BCUT2D eigenvalue weighted by Gasteiger charge is 2.34. The van der Waals surface area contributed by atoms with E-state index in [0.717, 1.165) is 24.8 Å². The molecule has 224 valence electrons. The Balaban J connectivity index is 1.46. The standard InChI is InChI=1S/C30H30F2N6O3S2/c1-3-37(30-35-28(27(15-33)42-30)19-6-8-20(31)9-7-19)26-14-25(18-4-5-18)34-29-23(26)12-21(13-24(29)32)36-10-11-38(43(2,40)41)22(16-36)17-39/h6-9,12-14,18,22,39H,3-5,10-11,16-17H2,1-2H3/t22-/m0/s1. The molecular weight excluding hydrogens is 594 g/mol. The minimum atomic E-state index is -3.51. The molecule has 1 saturated heterocycles. The highest BCUT2D eigenvalue weighted by Crippen LogP contribution is 2.45. The summed E-state index contributed by atoms with van der Waals surface area (Å²) in [5, 5.41) is 21.0. The van der Waals surface area contributed by atoms with Gasteiger partial charge in [-0.05, 0) is 62.2 Å². The van der Waals surface area contributed by atoms with Crippen molar-refractivity contribution in [2.24, 2.45) is 0 Å². The van der Waals surface area contributed by atoms with Crippen LogP contribution in [0.15, 0.2) is 42.5 Å². The number of nitrogens with zero attached hydrogens (tertiary/aromatic N) is 6. The quantitative estimate of drug-likeness (QED) is 0.292. The Morgan fingerprint density at radius 3 is 2.51 bits per heavy atom. The van der Waals surface area contributed by atoms with Gasteiger partial charge in [0, 0.05) is 54.4 Å². The molecule has 2 fully saturated rings. The molecule has 2 aromatic heterocycles. The Labute approximate surface area is 252 Å². The van der Waals surface area contributed by atoms with E-state index >= 15 is 4.39 Å². The largest absolute Gasteiger partial charge is 0.395 e. The molecule has 0 unspecified atom stereocenters. The van der Waals surface area contributed by atoms with Gasteiger partial charge in [0.1, 0.15) is 28.0 Å². The topological polar surface area (TPSA) is 114 Å². The fourth-order valence-electron chi connectivity index (χ4n) is 5.64. The summed E-state index contributed by atoms with van der Waals surface area (Å²) in [6, 6.07) is 12.6. The Morgan fingerprint density at radius 2 is 1.88 bits per heavy atom. The summed E-state index contributed by atoms with van der Waals surface area (Å²) in [5.41, 5.74) is 3.35. The zero-order valence-corrected chi connectivity index (χ0v) is 25.3. The van der Waals surface area contributed by atoms with Crippen molar-refractivity contribution in [1.82, 2.24) is 14.3 Å². The first-order valence-electron chi connectivity index (χ1n) is 14.0. The molecule has 0 amide bonds. The third kappa shape index (κ3) is 5.68. The van der Waals surface area contributed by atoms with Crippen LogP contribution in [0.1, 0.15) is 36.3 Å². The van der Waals surface area contributed by atoms with Crippen LogP contribution in [0.2, 0.25) is 0 Å². The molecule has 4 aromatic rings. The maximum atomic E-state index is 15.9. The van der Waals surface area contributed by atoms with Crippen LogP contribution in [0, 0.1) is 23.0 Å². The smallest absolute Gasteiger partial charge is 0.211 e. The molecule has 0 bridgehead atoms. The second-order valence-electron chi connectivity index (χ2n) is 10.9. The van der Waals surface area contributed by atoms with Gasteiger partial charge in [0.2, 0.25) is 10.0 Å². The van der Waals surface area contributed by atoms with Gasteiger partial charge in [-0.1, -0.05) is 11.3 Å². The maximum Gasteiger partial charge on any atom is 0.211 e. The van der Waals surface area contributed by atoms with Crippen LogP contribution < -0.4 is 9.80 Å². The third-order valence-electron chi connectivity index (χ3n) is 7.95. The maximum absolute atomic E-state index is 15.9. The molecule has 6 rings (SSSR count). The first kappa shape index (κ1) is 29.4. The Bertz CT molecular complexity index is 1840. The highest BCUT2D eigenvalue weighted by atomic mass is 32.2. The van der Waals surface area contributed by atoms with Crippen molar-refractivity contribution in [2.45, 2.75) is 31.7 Å². The third-order valence-corrected chi connectivity index (χ3v) is 10.3. The average Bonchev–Trinajstić information content (AvgIpc) is 3.76. The van der Waals surface area contributed by atoms with E-state index < -0.39 is 21.9 Å². The number of nitriles is 1. The van der Waals surface area contributed by atoms with Crippen molar-refractivity contribution < 1.29 is 22.3 Å². The van der Waals surface area contributed by atoms with Crippen LogP contribution in [0.5, 0.6) is 0 Å². The second kappa shape index (κ2) is 11.4. The average molecular weight is 625 g/mol. The first-order chi connectivity index (χ1) is 20.6. The molecule has 1 aliphatic carbocycles. The monoisotopic (exact) mass is 624 g/mol. The minimum absolute atomic E-state index is 0.165. The molecule has 1 saturated carbocycles. The molecule has 0 spiro atoms. The summed E-state index contributed by atoms with van der Waals surface area (Å²) in [6.07, 6.45) is 3.07.